The Morgan fingerprint density at radius 2 is 2.20 bits per heavy atom. The fraction of sp³-hybridized carbons (Fsp3) is 0.538. The fourth-order valence-electron chi connectivity index (χ4n) is 2.37. The molecule has 0 aromatic heterocycles. The van der Waals surface area contributed by atoms with Gasteiger partial charge in [-0.05, 0) is 42.9 Å². The zero-order valence-electron chi connectivity index (χ0n) is 9.04. The zero-order valence-corrected chi connectivity index (χ0v) is 9.04. The topological polar surface area (TPSA) is 20.2 Å². The Kier molecular flexibility index (Phi) is 2.79. The fourth-order valence-corrected chi connectivity index (χ4v) is 2.37. The molecule has 1 saturated carbocycles. The first-order valence-corrected chi connectivity index (χ1v) is 5.65. The van der Waals surface area contributed by atoms with Crippen molar-refractivity contribution in [2.24, 2.45) is 5.92 Å². The Morgan fingerprint density at radius 3 is 2.67 bits per heavy atom. The maximum absolute atomic E-state index is 13.1. The first-order valence-electron chi connectivity index (χ1n) is 5.65. The monoisotopic (exact) mass is 208 g/mol. The van der Waals surface area contributed by atoms with E-state index < -0.39 is 5.60 Å². The third-order valence-electron chi connectivity index (χ3n) is 3.64. The second-order valence-corrected chi connectivity index (χ2v) is 4.42. The van der Waals surface area contributed by atoms with Gasteiger partial charge in [-0.15, -0.1) is 0 Å². The minimum Gasteiger partial charge on any atom is -0.385 e. The first kappa shape index (κ1) is 10.6. The lowest BCUT2D eigenvalue weighted by molar-refractivity contribution is -0.0597. The van der Waals surface area contributed by atoms with Crippen LogP contribution in [0.2, 0.25) is 0 Å². The molecule has 1 aromatic rings. The summed E-state index contributed by atoms with van der Waals surface area (Å²) < 4.78 is 13.1. The van der Waals surface area contributed by atoms with Crippen LogP contribution in [0.4, 0.5) is 4.39 Å². The predicted octanol–water partition coefficient (Wildman–Crippen LogP) is 3.22. The quantitative estimate of drug-likeness (QED) is 0.808. The van der Waals surface area contributed by atoms with Crippen LogP contribution in [-0.2, 0) is 5.60 Å². The molecule has 2 rings (SSSR count). The molecule has 0 aliphatic heterocycles. The summed E-state index contributed by atoms with van der Waals surface area (Å²) in [6.45, 7) is 1.96. The lowest BCUT2D eigenvalue weighted by Gasteiger charge is -2.41. The zero-order chi connectivity index (χ0) is 10.9. The number of rotatable bonds is 3. The van der Waals surface area contributed by atoms with Crippen LogP contribution in [0.5, 0.6) is 0 Å². The molecule has 0 amide bonds. The van der Waals surface area contributed by atoms with Crippen LogP contribution in [0.3, 0.4) is 0 Å². The highest BCUT2D eigenvalue weighted by Gasteiger charge is 2.40. The molecule has 15 heavy (non-hydrogen) atoms. The van der Waals surface area contributed by atoms with E-state index in [1.807, 2.05) is 13.0 Å². The molecule has 1 fully saturated rings. The van der Waals surface area contributed by atoms with Crippen molar-refractivity contribution in [1.29, 1.82) is 0 Å². The van der Waals surface area contributed by atoms with E-state index in [4.69, 9.17) is 0 Å². The van der Waals surface area contributed by atoms with E-state index >= 15 is 0 Å². The van der Waals surface area contributed by atoms with Crippen LogP contribution in [0.15, 0.2) is 24.3 Å². The van der Waals surface area contributed by atoms with Crippen LogP contribution < -0.4 is 0 Å². The van der Waals surface area contributed by atoms with Crippen LogP contribution >= 0.6 is 0 Å². The smallest absolute Gasteiger partial charge is 0.123 e. The third-order valence-corrected chi connectivity index (χ3v) is 3.64. The highest BCUT2D eigenvalue weighted by molar-refractivity contribution is 5.24. The minimum atomic E-state index is -0.819. The molecule has 2 heteroatoms. The van der Waals surface area contributed by atoms with Gasteiger partial charge in [0.25, 0.3) is 0 Å². The molecule has 1 unspecified atom stereocenters. The van der Waals surface area contributed by atoms with Crippen molar-refractivity contribution in [3.63, 3.8) is 0 Å². The highest BCUT2D eigenvalue weighted by Crippen LogP contribution is 2.44. The first-order chi connectivity index (χ1) is 7.16. The van der Waals surface area contributed by atoms with Crippen molar-refractivity contribution >= 4 is 0 Å². The summed E-state index contributed by atoms with van der Waals surface area (Å²) >= 11 is 0. The van der Waals surface area contributed by atoms with Crippen molar-refractivity contribution in [3.8, 4) is 0 Å². The van der Waals surface area contributed by atoms with E-state index in [1.165, 1.54) is 18.6 Å². The van der Waals surface area contributed by atoms with Crippen LogP contribution in [0.1, 0.15) is 38.2 Å². The van der Waals surface area contributed by atoms with Crippen molar-refractivity contribution in [3.05, 3.63) is 35.6 Å². The van der Waals surface area contributed by atoms with Crippen molar-refractivity contribution in [1.82, 2.24) is 0 Å². The van der Waals surface area contributed by atoms with Gasteiger partial charge < -0.3 is 5.11 Å². The van der Waals surface area contributed by atoms with E-state index in [0.717, 1.165) is 18.4 Å². The molecule has 0 bridgehead atoms. The maximum Gasteiger partial charge on any atom is 0.123 e. The maximum atomic E-state index is 13.1. The van der Waals surface area contributed by atoms with Gasteiger partial charge >= 0.3 is 0 Å². The molecule has 0 radical (unpaired) electrons. The Balaban J connectivity index is 2.32. The van der Waals surface area contributed by atoms with E-state index in [0.29, 0.717) is 12.3 Å². The molecular weight excluding hydrogens is 191 g/mol. The minimum absolute atomic E-state index is 0.265. The predicted molar refractivity (Wildman–Crippen MR) is 57.9 cm³/mol. The van der Waals surface area contributed by atoms with E-state index in [2.05, 4.69) is 0 Å². The van der Waals surface area contributed by atoms with Gasteiger partial charge in [0, 0.05) is 0 Å². The molecule has 1 aromatic carbocycles. The highest BCUT2D eigenvalue weighted by atomic mass is 19.1. The summed E-state index contributed by atoms with van der Waals surface area (Å²) in [5.74, 6) is 0.0444. The number of aliphatic hydroxyl groups is 1. The molecule has 1 aliphatic carbocycles. The van der Waals surface area contributed by atoms with Crippen molar-refractivity contribution < 1.29 is 9.50 Å². The SMILES string of the molecule is CCC(O)(c1cccc(F)c1)C1CCC1. The summed E-state index contributed by atoms with van der Waals surface area (Å²) in [5.41, 5.74) is -0.0879. The van der Waals surface area contributed by atoms with Gasteiger partial charge in [-0.1, -0.05) is 25.5 Å². The molecule has 1 atom stereocenters. The Morgan fingerprint density at radius 1 is 1.47 bits per heavy atom. The van der Waals surface area contributed by atoms with Crippen molar-refractivity contribution in [2.75, 3.05) is 0 Å². The Labute approximate surface area is 89.9 Å². The van der Waals surface area contributed by atoms with E-state index in [-0.39, 0.29) is 5.82 Å². The molecule has 1 N–H and O–H groups in total. The normalized spacial score (nSPS) is 20.7. The Hall–Kier alpha value is -0.890. The second kappa shape index (κ2) is 3.93. The lowest BCUT2D eigenvalue weighted by Crippen LogP contribution is -2.38. The van der Waals surface area contributed by atoms with E-state index in [9.17, 15) is 9.50 Å². The third kappa shape index (κ3) is 1.78. The second-order valence-electron chi connectivity index (χ2n) is 4.42. The standard InChI is InChI=1S/C13H17FO/c1-2-13(15,10-5-3-6-10)11-7-4-8-12(14)9-11/h4,7-10,15H,2-3,5-6H2,1H3. The molecule has 1 nitrogen and oxygen atoms in total. The van der Waals surface area contributed by atoms with E-state index in [1.54, 1.807) is 6.07 Å². The van der Waals surface area contributed by atoms with Crippen LogP contribution in [0, 0.1) is 11.7 Å². The number of hydrogen-bond acceptors (Lipinski definition) is 1. The van der Waals surface area contributed by atoms with Gasteiger partial charge in [0.1, 0.15) is 5.82 Å². The molecule has 0 heterocycles. The summed E-state index contributed by atoms with van der Waals surface area (Å²) in [7, 11) is 0. The largest absolute Gasteiger partial charge is 0.385 e. The summed E-state index contributed by atoms with van der Waals surface area (Å²) in [6.07, 6.45) is 3.95. The van der Waals surface area contributed by atoms with Crippen LogP contribution in [0.25, 0.3) is 0 Å². The summed E-state index contributed by atoms with van der Waals surface area (Å²) in [6, 6.07) is 6.37. The molecule has 0 saturated heterocycles. The van der Waals surface area contributed by atoms with Gasteiger partial charge in [-0.2, -0.15) is 0 Å². The summed E-state index contributed by atoms with van der Waals surface area (Å²) in [4.78, 5) is 0. The molecular formula is C13H17FO. The summed E-state index contributed by atoms with van der Waals surface area (Å²) in [5, 5.41) is 10.6. The van der Waals surface area contributed by atoms with Gasteiger partial charge in [-0.25, -0.2) is 4.39 Å². The molecule has 1 aliphatic rings. The van der Waals surface area contributed by atoms with Gasteiger partial charge in [0.15, 0.2) is 0 Å². The number of hydrogen-bond donors (Lipinski definition) is 1. The average molecular weight is 208 g/mol. The van der Waals surface area contributed by atoms with Crippen LogP contribution in [-0.4, -0.2) is 5.11 Å². The van der Waals surface area contributed by atoms with Gasteiger partial charge in [-0.3, -0.25) is 0 Å². The average Bonchev–Trinajstić information content (AvgIpc) is 2.15. The number of benzene rings is 1. The lowest BCUT2D eigenvalue weighted by atomic mass is 9.68. The molecule has 0 spiro atoms. The Bertz CT molecular complexity index is 346. The number of halogens is 1. The van der Waals surface area contributed by atoms with Gasteiger partial charge in [0.05, 0.1) is 5.60 Å². The van der Waals surface area contributed by atoms with Gasteiger partial charge in [0.2, 0.25) is 0 Å². The van der Waals surface area contributed by atoms with Crippen molar-refractivity contribution in [2.45, 2.75) is 38.2 Å². The molecule has 82 valence electrons.